The molecule has 1 atom stereocenters. The van der Waals surface area contributed by atoms with Crippen molar-refractivity contribution in [3.05, 3.63) is 59.5 Å². The summed E-state index contributed by atoms with van der Waals surface area (Å²) < 4.78 is 15.3. The molecule has 4 rings (SSSR count). The van der Waals surface area contributed by atoms with E-state index in [0.29, 0.717) is 16.5 Å². The number of thiazole rings is 1. The molecule has 0 bridgehead atoms. The summed E-state index contributed by atoms with van der Waals surface area (Å²) in [5, 5.41) is 9.41. The van der Waals surface area contributed by atoms with E-state index in [2.05, 4.69) is 16.0 Å². The van der Waals surface area contributed by atoms with Gasteiger partial charge in [-0.25, -0.2) is 9.97 Å². The molecule has 0 N–H and O–H groups in total. The molecule has 24 heavy (non-hydrogen) atoms. The number of pyridine rings is 1. The number of rotatable bonds is 3. The van der Waals surface area contributed by atoms with Gasteiger partial charge in [-0.05, 0) is 23.8 Å². The van der Waals surface area contributed by atoms with Crippen molar-refractivity contribution in [1.82, 2.24) is 14.4 Å². The first-order valence-electron chi connectivity index (χ1n) is 7.25. The fraction of sp³-hybridized carbons (Fsp3) is 0.118. The maximum absolute atomic E-state index is 11.7. The lowest BCUT2D eigenvalue weighted by Crippen LogP contribution is -1.97. The van der Waals surface area contributed by atoms with Crippen LogP contribution in [0.1, 0.15) is 17.0 Å². The molecule has 0 saturated heterocycles. The second-order valence-electron chi connectivity index (χ2n) is 5.32. The van der Waals surface area contributed by atoms with Crippen LogP contribution in [0.3, 0.4) is 0 Å². The third kappa shape index (κ3) is 2.40. The van der Waals surface area contributed by atoms with Gasteiger partial charge < -0.3 is 4.40 Å². The van der Waals surface area contributed by atoms with Crippen LogP contribution < -0.4 is 0 Å². The summed E-state index contributed by atoms with van der Waals surface area (Å²) in [4.78, 5) is 8.91. The summed E-state index contributed by atoms with van der Waals surface area (Å²) in [5.41, 5.74) is 3.87. The smallest absolute Gasteiger partial charge is 0.181 e. The average molecular weight is 352 g/mol. The monoisotopic (exact) mass is 352 g/mol. The van der Waals surface area contributed by atoms with E-state index < -0.39 is 10.8 Å². The molecule has 7 heteroatoms. The lowest BCUT2D eigenvalue weighted by Gasteiger charge is -2.04. The molecule has 0 aliphatic heterocycles. The van der Waals surface area contributed by atoms with Gasteiger partial charge in [0.25, 0.3) is 0 Å². The van der Waals surface area contributed by atoms with Crippen LogP contribution in [-0.2, 0) is 17.2 Å². The van der Waals surface area contributed by atoms with E-state index >= 15 is 0 Å². The van der Waals surface area contributed by atoms with Gasteiger partial charge in [-0.3, -0.25) is 4.21 Å². The van der Waals surface area contributed by atoms with Gasteiger partial charge in [-0.1, -0.05) is 18.2 Å². The Labute approximate surface area is 144 Å². The molecule has 3 aromatic heterocycles. The molecule has 3 heterocycles. The molecule has 4 aromatic rings. The van der Waals surface area contributed by atoms with Crippen molar-refractivity contribution in [3.8, 4) is 6.07 Å². The third-order valence-corrected chi connectivity index (χ3v) is 6.17. The lowest BCUT2D eigenvalue weighted by atomic mass is 10.1. The Morgan fingerprint density at radius 2 is 2.12 bits per heavy atom. The second kappa shape index (κ2) is 5.82. The van der Waals surface area contributed by atoms with Crippen molar-refractivity contribution < 1.29 is 4.21 Å². The zero-order chi connectivity index (χ0) is 16.7. The number of fused-ring (bicyclic) bond motifs is 2. The summed E-state index contributed by atoms with van der Waals surface area (Å²) >= 11 is 1.45. The standard InChI is InChI=1S/C17H12N4OS2/c1-24(22)17-20-16-11(5-4-6-14(16)23-17)9-13-12(10-18)19-15-7-2-3-8-21(13)15/h2-8H,9H2,1H3. The van der Waals surface area contributed by atoms with E-state index in [4.69, 9.17) is 0 Å². The van der Waals surface area contributed by atoms with E-state index in [1.54, 1.807) is 6.26 Å². The van der Waals surface area contributed by atoms with Gasteiger partial charge in [0.05, 0.1) is 26.7 Å². The highest BCUT2D eigenvalue weighted by Gasteiger charge is 2.16. The number of para-hydroxylation sites is 1. The van der Waals surface area contributed by atoms with Crippen LogP contribution in [0, 0.1) is 11.3 Å². The van der Waals surface area contributed by atoms with Crippen molar-refractivity contribution in [2.24, 2.45) is 0 Å². The maximum atomic E-state index is 11.7. The molecular weight excluding hydrogens is 340 g/mol. The first kappa shape index (κ1) is 15.0. The predicted molar refractivity (Wildman–Crippen MR) is 94.7 cm³/mol. The molecular formula is C17H12N4OS2. The van der Waals surface area contributed by atoms with Gasteiger partial charge in [0.2, 0.25) is 0 Å². The molecule has 0 amide bonds. The minimum atomic E-state index is -1.10. The van der Waals surface area contributed by atoms with Gasteiger partial charge >= 0.3 is 0 Å². The molecule has 5 nitrogen and oxygen atoms in total. The highest BCUT2D eigenvalue weighted by molar-refractivity contribution is 7.86. The minimum absolute atomic E-state index is 0.424. The van der Waals surface area contributed by atoms with Crippen LogP contribution in [0.25, 0.3) is 15.9 Å². The summed E-state index contributed by atoms with van der Waals surface area (Å²) in [6, 6.07) is 13.8. The minimum Gasteiger partial charge on any atom is -0.302 e. The number of hydrogen-bond donors (Lipinski definition) is 0. The predicted octanol–water partition coefficient (Wildman–Crippen LogP) is 3.14. The van der Waals surface area contributed by atoms with E-state index in [1.807, 2.05) is 47.0 Å². The van der Waals surface area contributed by atoms with Crippen molar-refractivity contribution >= 4 is 38.0 Å². The first-order chi connectivity index (χ1) is 11.7. The van der Waals surface area contributed by atoms with Crippen LogP contribution in [0.5, 0.6) is 0 Å². The van der Waals surface area contributed by atoms with Crippen LogP contribution in [0.15, 0.2) is 46.9 Å². The number of benzene rings is 1. The van der Waals surface area contributed by atoms with Gasteiger partial charge in [-0.2, -0.15) is 5.26 Å². The molecule has 1 aromatic carbocycles. The average Bonchev–Trinajstić information content (AvgIpc) is 3.17. The third-order valence-electron chi connectivity index (χ3n) is 3.82. The van der Waals surface area contributed by atoms with Crippen LogP contribution in [0.2, 0.25) is 0 Å². The van der Waals surface area contributed by atoms with Crippen LogP contribution >= 0.6 is 11.3 Å². The van der Waals surface area contributed by atoms with Crippen molar-refractivity contribution in [2.75, 3.05) is 6.26 Å². The van der Waals surface area contributed by atoms with Gasteiger partial charge in [0.15, 0.2) is 10.0 Å². The Hall–Kier alpha value is -2.56. The van der Waals surface area contributed by atoms with Crippen molar-refractivity contribution in [3.63, 3.8) is 0 Å². The summed E-state index contributed by atoms with van der Waals surface area (Å²) in [6.45, 7) is 0. The summed E-state index contributed by atoms with van der Waals surface area (Å²) in [7, 11) is -1.10. The van der Waals surface area contributed by atoms with E-state index in [1.165, 1.54) is 11.3 Å². The molecule has 0 aliphatic carbocycles. The highest BCUT2D eigenvalue weighted by Crippen LogP contribution is 2.28. The van der Waals surface area contributed by atoms with Gasteiger partial charge in [-0.15, -0.1) is 11.3 Å². The first-order valence-corrected chi connectivity index (χ1v) is 9.63. The quantitative estimate of drug-likeness (QED) is 0.568. The summed E-state index contributed by atoms with van der Waals surface area (Å²) in [5.74, 6) is 0. The Bertz CT molecular complexity index is 1140. The molecule has 0 saturated carbocycles. The number of imidazole rings is 1. The highest BCUT2D eigenvalue weighted by atomic mass is 32.2. The van der Waals surface area contributed by atoms with Crippen LogP contribution in [-0.4, -0.2) is 24.8 Å². The fourth-order valence-electron chi connectivity index (χ4n) is 2.74. The molecule has 1 unspecified atom stereocenters. The number of hydrogen-bond acceptors (Lipinski definition) is 5. The van der Waals surface area contributed by atoms with Crippen molar-refractivity contribution in [2.45, 2.75) is 10.8 Å². The topological polar surface area (TPSA) is 71.0 Å². The zero-order valence-corrected chi connectivity index (χ0v) is 14.4. The second-order valence-corrected chi connectivity index (χ2v) is 7.91. The van der Waals surface area contributed by atoms with E-state index in [-0.39, 0.29) is 0 Å². The fourth-order valence-corrected chi connectivity index (χ4v) is 4.44. The largest absolute Gasteiger partial charge is 0.302 e. The van der Waals surface area contributed by atoms with Crippen LogP contribution in [0.4, 0.5) is 0 Å². The Balaban J connectivity index is 1.89. The molecule has 0 spiro atoms. The zero-order valence-electron chi connectivity index (χ0n) is 12.8. The Kier molecular flexibility index (Phi) is 3.63. The number of nitriles is 1. The molecule has 0 aliphatic rings. The van der Waals surface area contributed by atoms with E-state index in [0.717, 1.165) is 27.1 Å². The number of aromatic nitrogens is 3. The molecule has 0 fully saturated rings. The maximum Gasteiger partial charge on any atom is 0.181 e. The van der Waals surface area contributed by atoms with Crippen molar-refractivity contribution in [1.29, 1.82) is 5.26 Å². The lowest BCUT2D eigenvalue weighted by molar-refractivity contribution is 0.686. The van der Waals surface area contributed by atoms with E-state index in [9.17, 15) is 9.47 Å². The Morgan fingerprint density at radius 3 is 2.92 bits per heavy atom. The van der Waals surface area contributed by atoms with Gasteiger partial charge in [0, 0.05) is 18.9 Å². The Morgan fingerprint density at radius 1 is 1.25 bits per heavy atom. The summed E-state index contributed by atoms with van der Waals surface area (Å²) in [6.07, 6.45) is 4.09. The number of nitrogens with zero attached hydrogens (tertiary/aromatic N) is 4. The normalized spacial score (nSPS) is 12.5. The van der Waals surface area contributed by atoms with Gasteiger partial charge in [0.1, 0.15) is 11.7 Å². The molecule has 0 radical (unpaired) electrons. The molecule has 118 valence electrons. The SMILES string of the molecule is CS(=O)c1nc2c(Cc3c(C#N)nc4ccccn34)cccc2s1.